The molecule has 0 radical (unpaired) electrons. The van der Waals surface area contributed by atoms with E-state index in [1.54, 1.807) is 0 Å². The lowest BCUT2D eigenvalue weighted by atomic mass is 10.0. The molecular formula is C12H17N2O+. The maximum absolute atomic E-state index is 5.66. The van der Waals surface area contributed by atoms with Crippen LogP contribution in [0.25, 0.3) is 11.1 Å². The van der Waals surface area contributed by atoms with Crippen LogP contribution < -0.4 is 5.73 Å². The summed E-state index contributed by atoms with van der Waals surface area (Å²) < 4.78 is 5.66. The molecule has 80 valence electrons. The van der Waals surface area contributed by atoms with Crippen LogP contribution in [0, 0.1) is 5.92 Å². The van der Waals surface area contributed by atoms with Crippen LogP contribution in [-0.4, -0.2) is 4.98 Å². The van der Waals surface area contributed by atoms with Crippen molar-refractivity contribution >= 4 is 11.1 Å². The van der Waals surface area contributed by atoms with E-state index in [0.717, 1.165) is 23.4 Å². The van der Waals surface area contributed by atoms with Crippen molar-refractivity contribution in [3.63, 3.8) is 0 Å². The summed E-state index contributed by atoms with van der Waals surface area (Å²) in [5.74, 6) is 1.37. The van der Waals surface area contributed by atoms with E-state index in [9.17, 15) is 0 Å². The fourth-order valence-corrected chi connectivity index (χ4v) is 1.73. The van der Waals surface area contributed by atoms with Crippen LogP contribution in [0.2, 0.25) is 0 Å². The van der Waals surface area contributed by atoms with Gasteiger partial charge in [0, 0.05) is 6.42 Å². The smallest absolute Gasteiger partial charge is 0.254 e. The van der Waals surface area contributed by atoms with Crippen molar-refractivity contribution in [3.05, 3.63) is 30.2 Å². The number of rotatable bonds is 3. The van der Waals surface area contributed by atoms with Crippen molar-refractivity contribution < 1.29 is 10.2 Å². The van der Waals surface area contributed by atoms with Gasteiger partial charge in [0.15, 0.2) is 11.6 Å². The van der Waals surface area contributed by atoms with Gasteiger partial charge in [0.2, 0.25) is 0 Å². The molecular weight excluding hydrogens is 188 g/mol. The first-order chi connectivity index (χ1) is 7.16. The first-order valence-electron chi connectivity index (χ1n) is 5.35. The van der Waals surface area contributed by atoms with Crippen LogP contribution in [0.3, 0.4) is 0 Å². The molecule has 0 saturated heterocycles. The highest BCUT2D eigenvalue weighted by Crippen LogP contribution is 2.21. The largest absolute Gasteiger partial charge is 0.435 e. The Morgan fingerprint density at radius 2 is 2.07 bits per heavy atom. The summed E-state index contributed by atoms with van der Waals surface area (Å²) >= 11 is 0. The first-order valence-corrected chi connectivity index (χ1v) is 5.35. The fraction of sp³-hybridized carbons (Fsp3) is 0.417. The van der Waals surface area contributed by atoms with Gasteiger partial charge < -0.3 is 10.2 Å². The summed E-state index contributed by atoms with van der Waals surface area (Å²) in [6.45, 7) is 4.36. The number of para-hydroxylation sites is 2. The second-order valence-electron chi connectivity index (χ2n) is 4.35. The number of quaternary nitrogens is 1. The van der Waals surface area contributed by atoms with Crippen LogP contribution in [0.5, 0.6) is 0 Å². The SMILES string of the molecule is CC(C)C[C@H]([NH3+])c1nc2ccccc2o1. The second-order valence-corrected chi connectivity index (χ2v) is 4.35. The number of nitrogens with zero attached hydrogens (tertiary/aromatic N) is 1. The molecule has 15 heavy (non-hydrogen) atoms. The van der Waals surface area contributed by atoms with Gasteiger partial charge in [-0.05, 0) is 18.1 Å². The summed E-state index contributed by atoms with van der Waals surface area (Å²) in [5.41, 5.74) is 5.86. The average Bonchev–Trinajstić information content (AvgIpc) is 2.59. The van der Waals surface area contributed by atoms with Crippen molar-refractivity contribution in [2.75, 3.05) is 0 Å². The highest BCUT2D eigenvalue weighted by Gasteiger charge is 2.18. The predicted octanol–water partition coefficient (Wildman–Crippen LogP) is 2.16. The molecule has 0 aliphatic heterocycles. The molecule has 1 aromatic carbocycles. The number of fused-ring (bicyclic) bond motifs is 1. The van der Waals surface area contributed by atoms with E-state index in [1.807, 2.05) is 24.3 Å². The lowest BCUT2D eigenvalue weighted by Gasteiger charge is -2.06. The second kappa shape index (κ2) is 4.03. The quantitative estimate of drug-likeness (QED) is 0.834. The molecule has 0 aliphatic rings. The van der Waals surface area contributed by atoms with Crippen LogP contribution in [-0.2, 0) is 0 Å². The van der Waals surface area contributed by atoms with Crippen molar-refractivity contribution in [1.82, 2.24) is 4.98 Å². The van der Waals surface area contributed by atoms with Gasteiger partial charge in [-0.15, -0.1) is 0 Å². The van der Waals surface area contributed by atoms with Crippen LogP contribution in [0.4, 0.5) is 0 Å². The predicted molar refractivity (Wildman–Crippen MR) is 59.1 cm³/mol. The molecule has 0 spiro atoms. The first kappa shape index (κ1) is 10.2. The molecule has 2 rings (SSSR count). The molecule has 0 unspecified atom stereocenters. The molecule has 0 amide bonds. The van der Waals surface area contributed by atoms with Gasteiger partial charge in [-0.1, -0.05) is 26.0 Å². The van der Waals surface area contributed by atoms with Crippen LogP contribution in [0.15, 0.2) is 28.7 Å². The van der Waals surface area contributed by atoms with E-state index >= 15 is 0 Å². The third-order valence-electron chi connectivity index (χ3n) is 2.42. The number of oxazole rings is 1. The van der Waals surface area contributed by atoms with Crippen molar-refractivity contribution in [2.24, 2.45) is 5.92 Å². The summed E-state index contributed by atoms with van der Waals surface area (Å²) in [5, 5.41) is 0. The molecule has 0 fully saturated rings. The summed E-state index contributed by atoms with van der Waals surface area (Å²) in [4.78, 5) is 4.44. The molecule has 1 atom stereocenters. The molecule has 2 aromatic rings. The Kier molecular flexibility index (Phi) is 2.73. The van der Waals surface area contributed by atoms with Gasteiger partial charge >= 0.3 is 0 Å². The highest BCUT2D eigenvalue weighted by molar-refractivity contribution is 5.72. The van der Waals surface area contributed by atoms with E-state index < -0.39 is 0 Å². The number of hydrogen-bond acceptors (Lipinski definition) is 2. The topological polar surface area (TPSA) is 53.7 Å². The molecule has 1 aromatic heterocycles. The fourth-order valence-electron chi connectivity index (χ4n) is 1.73. The number of benzene rings is 1. The molecule has 3 nitrogen and oxygen atoms in total. The van der Waals surface area contributed by atoms with Gasteiger partial charge in [-0.2, -0.15) is 0 Å². The Morgan fingerprint density at radius 3 is 2.73 bits per heavy atom. The van der Waals surface area contributed by atoms with Crippen molar-refractivity contribution in [2.45, 2.75) is 26.3 Å². The third kappa shape index (κ3) is 2.18. The third-order valence-corrected chi connectivity index (χ3v) is 2.42. The number of aromatic nitrogens is 1. The Morgan fingerprint density at radius 1 is 1.33 bits per heavy atom. The van der Waals surface area contributed by atoms with Crippen molar-refractivity contribution in [3.8, 4) is 0 Å². The average molecular weight is 205 g/mol. The summed E-state index contributed by atoms with van der Waals surface area (Å²) in [6, 6.07) is 7.98. The van der Waals surface area contributed by atoms with E-state index in [1.165, 1.54) is 0 Å². The van der Waals surface area contributed by atoms with Crippen LogP contribution >= 0.6 is 0 Å². The maximum Gasteiger partial charge on any atom is 0.254 e. The standard InChI is InChI=1S/C12H16N2O/c1-8(2)7-9(13)12-14-10-5-3-4-6-11(10)15-12/h3-6,8-9H,7,13H2,1-2H3/p+1/t9-/m0/s1. The zero-order chi connectivity index (χ0) is 10.8. The minimum absolute atomic E-state index is 0.150. The zero-order valence-corrected chi connectivity index (χ0v) is 9.23. The molecule has 0 saturated carbocycles. The summed E-state index contributed by atoms with van der Waals surface area (Å²) in [7, 11) is 0. The minimum Gasteiger partial charge on any atom is -0.435 e. The minimum atomic E-state index is 0.150. The highest BCUT2D eigenvalue weighted by atomic mass is 16.3. The van der Waals surface area contributed by atoms with Gasteiger partial charge in [0.25, 0.3) is 5.89 Å². The van der Waals surface area contributed by atoms with Gasteiger partial charge in [0.1, 0.15) is 5.52 Å². The van der Waals surface area contributed by atoms with Gasteiger partial charge in [-0.25, -0.2) is 4.98 Å². The molecule has 0 bridgehead atoms. The molecule has 0 aliphatic carbocycles. The van der Waals surface area contributed by atoms with Gasteiger partial charge in [-0.3, -0.25) is 0 Å². The molecule has 3 heteroatoms. The van der Waals surface area contributed by atoms with Crippen LogP contribution in [0.1, 0.15) is 32.2 Å². The van der Waals surface area contributed by atoms with Gasteiger partial charge in [0.05, 0.1) is 0 Å². The Labute approximate surface area is 89.3 Å². The lowest BCUT2D eigenvalue weighted by molar-refractivity contribution is -0.434. The van der Waals surface area contributed by atoms with E-state index in [2.05, 4.69) is 24.6 Å². The van der Waals surface area contributed by atoms with E-state index in [0.29, 0.717) is 5.92 Å². The monoisotopic (exact) mass is 205 g/mol. The van der Waals surface area contributed by atoms with E-state index in [-0.39, 0.29) is 6.04 Å². The summed E-state index contributed by atoms with van der Waals surface area (Å²) in [6.07, 6.45) is 1.01. The normalized spacial score (nSPS) is 13.6. The molecule has 3 N–H and O–H groups in total. The van der Waals surface area contributed by atoms with Crippen molar-refractivity contribution in [1.29, 1.82) is 0 Å². The zero-order valence-electron chi connectivity index (χ0n) is 9.23. The Balaban J connectivity index is 2.28. The maximum atomic E-state index is 5.66. The Bertz CT molecular complexity index is 415. The number of hydrogen-bond donors (Lipinski definition) is 1. The van der Waals surface area contributed by atoms with E-state index in [4.69, 9.17) is 4.42 Å². The molecule has 1 heterocycles. The lowest BCUT2D eigenvalue weighted by Crippen LogP contribution is -2.54. The Hall–Kier alpha value is -1.35.